The largest absolute Gasteiger partial charge is 0.392 e. The van der Waals surface area contributed by atoms with Gasteiger partial charge in [-0.3, -0.25) is 24.2 Å². The minimum absolute atomic E-state index is 0.126. The fourth-order valence-corrected chi connectivity index (χ4v) is 5.76. The number of rotatable bonds is 7. The lowest BCUT2D eigenvalue weighted by Crippen LogP contribution is -2.38. The van der Waals surface area contributed by atoms with E-state index in [0.29, 0.717) is 52.0 Å². The summed E-state index contributed by atoms with van der Waals surface area (Å²) in [5.74, 6) is -0.204. The van der Waals surface area contributed by atoms with Gasteiger partial charge in [0.2, 0.25) is 0 Å². The van der Waals surface area contributed by atoms with Crippen molar-refractivity contribution in [1.29, 1.82) is 5.26 Å². The lowest BCUT2D eigenvalue weighted by atomic mass is 9.85. The van der Waals surface area contributed by atoms with Gasteiger partial charge in [-0.15, -0.1) is 0 Å². The Bertz CT molecular complexity index is 2120. The van der Waals surface area contributed by atoms with E-state index < -0.39 is 23.4 Å². The third-order valence-corrected chi connectivity index (χ3v) is 8.47. The number of nitrogens with zero attached hydrogens (tertiary/aromatic N) is 6. The lowest BCUT2D eigenvalue weighted by molar-refractivity contribution is 0.282. The van der Waals surface area contributed by atoms with Crippen LogP contribution in [0.4, 0.5) is 15.9 Å². The Labute approximate surface area is 258 Å². The minimum Gasteiger partial charge on any atom is -0.392 e. The molecule has 5 aromatic rings. The number of pyridine rings is 1. The predicted octanol–water partition coefficient (Wildman–Crippen LogP) is 4.01. The molecular weight excluding hydrogens is 575 g/mol. The van der Waals surface area contributed by atoms with Crippen LogP contribution in [-0.4, -0.2) is 35.3 Å². The normalized spacial score (nSPS) is 14.7. The molecule has 3 N–H and O–H groups in total. The maximum atomic E-state index is 15.4. The van der Waals surface area contributed by atoms with Gasteiger partial charge in [0.05, 0.1) is 41.5 Å². The number of nitrogens with one attached hydrogen (secondary N) is 2. The molecule has 0 aliphatic carbocycles. The van der Waals surface area contributed by atoms with Crippen LogP contribution in [0.15, 0.2) is 64.3 Å². The predicted molar refractivity (Wildman–Crippen MR) is 169 cm³/mol. The number of anilines is 2. The third-order valence-electron chi connectivity index (χ3n) is 8.47. The number of aromatic nitrogens is 5. The highest BCUT2D eigenvalue weighted by Gasteiger charge is 2.24. The molecule has 1 atom stereocenters. The van der Waals surface area contributed by atoms with Crippen molar-refractivity contribution in [2.24, 2.45) is 7.05 Å². The average molecular weight is 609 g/mol. The molecule has 1 aliphatic heterocycles. The molecule has 0 amide bonds. The van der Waals surface area contributed by atoms with E-state index >= 15 is 4.39 Å². The summed E-state index contributed by atoms with van der Waals surface area (Å²) in [5, 5.41) is 35.9. The number of hydrogen-bond acceptors (Lipinski definition) is 8. The summed E-state index contributed by atoms with van der Waals surface area (Å²) in [6, 6.07) is 15.6. The second-order valence-electron chi connectivity index (χ2n) is 11.8. The number of halogens is 1. The molecule has 0 spiro atoms. The van der Waals surface area contributed by atoms with Crippen LogP contribution in [0.1, 0.15) is 44.0 Å². The summed E-state index contributed by atoms with van der Waals surface area (Å²) in [7, 11) is 1.53. The van der Waals surface area contributed by atoms with Crippen molar-refractivity contribution in [1.82, 2.24) is 29.4 Å². The van der Waals surface area contributed by atoms with Crippen molar-refractivity contribution in [2.75, 3.05) is 5.32 Å². The van der Waals surface area contributed by atoms with Crippen LogP contribution in [-0.2, 0) is 32.2 Å². The van der Waals surface area contributed by atoms with E-state index in [4.69, 9.17) is 0 Å². The molecule has 0 saturated heterocycles. The van der Waals surface area contributed by atoms with Gasteiger partial charge in [-0.25, -0.2) is 9.07 Å². The van der Waals surface area contributed by atoms with Crippen LogP contribution in [0.25, 0.3) is 27.7 Å². The molecule has 11 nitrogen and oxygen atoms in total. The number of fused-ring (bicyclic) bond motifs is 2. The summed E-state index contributed by atoms with van der Waals surface area (Å²) >= 11 is 0. The zero-order valence-corrected chi connectivity index (χ0v) is 25.4. The Hall–Kier alpha value is -5.12. The molecule has 2 aromatic carbocycles. The monoisotopic (exact) mass is 608 g/mol. The molecule has 1 aliphatic rings. The number of aliphatic hydroxyl groups excluding tert-OH is 1. The SMILES string of the molecule is CCC1Cc2cc(Nc3cc(-c4cccc(-n5ccc6cc(C(C)(C)C#N)cc(F)c6c5=O)c4CO)nn(C)c3=O)nn2CN1. The zero-order chi connectivity index (χ0) is 32.0. The van der Waals surface area contributed by atoms with Gasteiger partial charge in [-0.05, 0) is 61.5 Å². The summed E-state index contributed by atoms with van der Waals surface area (Å²) < 4.78 is 19.7. The molecule has 0 fully saturated rings. The van der Waals surface area contributed by atoms with E-state index in [1.54, 1.807) is 50.2 Å². The molecule has 6 rings (SSSR count). The first-order chi connectivity index (χ1) is 21.5. The van der Waals surface area contributed by atoms with Crippen molar-refractivity contribution in [3.05, 3.63) is 98.1 Å². The molecule has 0 radical (unpaired) electrons. The maximum Gasteiger partial charge on any atom is 0.290 e. The fraction of sp³-hybridized carbons (Fsp3) is 0.303. The second-order valence-corrected chi connectivity index (χ2v) is 11.8. The Balaban J connectivity index is 1.42. The van der Waals surface area contributed by atoms with E-state index in [1.807, 2.05) is 10.7 Å². The molecule has 45 heavy (non-hydrogen) atoms. The van der Waals surface area contributed by atoms with Crippen LogP contribution < -0.4 is 21.8 Å². The summed E-state index contributed by atoms with van der Waals surface area (Å²) in [4.78, 5) is 26.8. The quantitative estimate of drug-likeness (QED) is 0.252. The van der Waals surface area contributed by atoms with Crippen molar-refractivity contribution >= 4 is 22.3 Å². The highest BCUT2D eigenvalue weighted by Crippen LogP contribution is 2.30. The van der Waals surface area contributed by atoms with Gasteiger partial charge < -0.3 is 10.4 Å². The molecule has 4 heterocycles. The third kappa shape index (κ3) is 5.30. The summed E-state index contributed by atoms with van der Waals surface area (Å²) in [6.07, 6.45) is 3.34. The van der Waals surface area contributed by atoms with Gasteiger partial charge in [0.25, 0.3) is 11.1 Å². The zero-order valence-electron chi connectivity index (χ0n) is 25.4. The first-order valence-corrected chi connectivity index (χ1v) is 14.7. The highest BCUT2D eigenvalue weighted by atomic mass is 19.1. The molecule has 0 saturated carbocycles. The van der Waals surface area contributed by atoms with E-state index in [0.717, 1.165) is 18.5 Å². The number of nitriles is 1. The number of aliphatic hydroxyl groups is 1. The number of aryl methyl sites for hydroxylation is 1. The maximum absolute atomic E-state index is 15.4. The van der Waals surface area contributed by atoms with Crippen LogP contribution in [0.5, 0.6) is 0 Å². The van der Waals surface area contributed by atoms with Crippen molar-refractivity contribution in [2.45, 2.75) is 58.3 Å². The Morgan fingerprint density at radius 1 is 1.16 bits per heavy atom. The van der Waals surface area contributed by atoms with Crippen LogP contribution in [0.3, 0.4) is 0 Å². The van der Waals surface area contributed by atoms with Crippen molar-refractivity contribution in [3.8, 4) is 23.0 Å². The van der Waals surface area contributed by atoms with E-state index in [9.17, 15) is 20.0 Å². The first kappa shape index (κ1) is 29.9. The van der Waals surface area contributed by atoms with Crippen LogP contribution in [0.2, 0.25) is 0 Å². The van der Waals surface area contributed by atoms with Gasteiger partial charge in [-0.1, -0.05) is 19.1 Å². The Morgan fingerprint density at radius 3 is 2.69 bits per heavy atom. The molecule has 3 aromatic heterocycles. The van der Waals surface area contributed by atoms with Crippen LogP contribution >= 0.6 is 0 Å². The molecular formula is C33H33FN8O3. The van der Waals surface area contributed by atoms with Gasteiger partial charge in [0, 0.05) is 48.6 Å². The van der Waals surface area contributed by atoms with E-state index in [1.165, 1.54) is 28.6 Å². The standard InChI is InChI=1S/C33H33FN8O3/c1-5-21-13-22-14-29(39-42(22)18-36-21)37-27-15-26(38-40(4)31(27)44)23-7-6-8-28(24(23)16-43)41-10-9-19-11-20(33(2,3)17-35)12-25(34)30(19)32(41)45/h6-12,14-15,21,36,43H,5,13,16,18H2,1-4H3,(H,37,39). The second kappa shape index (κ2) is 11.4. The fourth-order valence-electron chi connectivity index (χ4n) is 5.76. The van der Waals surface area contributed by atoms with Gasteiger partial charge in [-0.2, -0.15) is 15.5 Å². The Kier molecular flexibility index (Phi) is 7.60. The van der Waals surface area contributed by atoms with Gasteiger partial charge in [0.15, 0.2) is 5.82 Å². The first-order valence-electron chi connectivity index (χ1n) is 14.7. The Morgan fingerprint density at radius 2 is 1.96 bits per heavy atom. The smallest absolute Gasteiger partial charge is 0.290 e. The average Bonchev–Trinajstić information content (AvgIpc) is 3.44. The van der Waals surface area contributed by atoms with Crippen molar-refractivity contribution in [3.63, 3.8) is 0 Å². The van der Waals surface area contributed by atoms with E-state index in [-0.39, 0.29) is 16.6 Å². The van der Waals surface area contributed by atoms with Crippen molar-refractivity contribution < 1.29 is 9.50 Å². The molecule has 1 unspecified atom stereocenters. The van der Waals surface area contributed by atoms with Gasteiger partial charge >= 0.3 is 0 Å². The lowest BCUT2D eigenvalue weighted by Gasteiger charge is -2.23. The minimum atomic E-state index is -0.939. The number of benzene rings is 2. The van der Waals surface area contributed by atoms with Gasteiger partial charge in [0.1, 0.15) is 11.5 Å². The van der Waals surface area contributed by atoms with E-state index in [2.05, 4.69) is 33.8 Å². The molecule has 230 valence electrons. The van der Waals surface area contributed by atoms with Crippen LogP contribution in [0, 0.1) is 17.1 Å². The molecule has 0 bridgehead atoms. The number of hydrogen-bond donors (Lipinski definition) is 3. The topological polar surface area (TPSA) is 143 Å². The molecule has 12 heteroatoms. The summed E-state index contributed by atoms with van der Waals surface area (Å²) in [5.41, 5.74) is 1.43. The summed E-state index contributed by atoms with van der Waals surface area (Å²) in [6.45, 7) is 5.62. The highest BCUT2D eigenvalue weighted by molar-refractivity contribution is 5.84.